The van der Waals surface area contributed by atoms with Crippen LogP contribution in [-0.4, -0.2) is 19.8 Å². The van der Waals surface area contributed by atoms with E-state index in [9.17, 15) is 20.2 Å². The number of nitrogens with zero attached hydrogens (tertiary/aromatic N) is 4. The van der Waals surface area contributed by atoms with Crippen LogP contribution in [-0.2, 0) is 0 Å². The lowest BCUT2D eigenvalue weighted by atomic mass is 10.1. The summed E-state index contributed by atoms with van der Waals surface area (Å²) >= 11 is 5.77. The van der Waals surface area contributed by atoms with Crippen LogP contribution in [0.2, 0.25) is 5.02 Å². The van der Waals surface area contributed by atoms with Crippen LogP contribution in [0.5, 0.6) is 0 Å². The largest absolute Gasteiger partial charge is 0.270 e. The first kappa shape index (κ1) is 20.1. The Hall–Kier alpha value is -3.65. The average Bonchev–Trinajstić information content (AvgIpc) is 2.68. The fourth-order valence-corrected chi connectivity index (χ4v) is 3.12. The first-order valence-corrected chi connectivity index (χ1v) is 8.84. The molecule has 9 heteroatoms. The fourth-order valence-electron chi connectivity index (χ4n) is 2.95. The van der Waals surface area contributed by atoms with E-state index in [0.717, 1.165) is 27.5 Å². The Morgan fingerprint density at radius 2 is 1.38 bits per heavy atom. The van der Waals surface area contributed by atoms with Crippen LogP contribution in [0.1, 0.15) is 11.1 Å². The summed E-state index contributed by atoms with van der Waals surface area (Å²) in [5.74, 6) is 0. The van der Waals surface area contributed by atoms with Gasteiger partial charge in [0.1, 0.15) is 0 Å². The van der Waals surface area contributed by atoms with Gasteiger partial charge >= 0.3 is 0 Å². The van der Waals surface area contributed by atoms with Gasteiger partial charge in [-0.15, -0.1) is 0 Å². The highest BCUT2D eigenvalue weighted by Crippen LogP contribution is 2.25. The molecule has 0 aliphatic rings. The lowest BCUT2D eigenvalue weighted by molar-refractivity contribution is -0.384. The first-order chi connectivity index (χ1) is 13.8. The number of fused-ring (bicyclic) bond motifs is 2. The van der Waals surface area contributed by atoms with E-state index in [2.05, 4.69) is 9.97 Å². The van der Waals surface area contributed by atoms with E-state index in [-0.39, 0.29) is 16.3 Å². The second-order valence-corrected chi connectivity index (χ2v) is 6.78. The Bertz CT molecular complexity index is 1260. The van der Waals surface area contributed by atoms with Crippen molar-refractivity contribution in [1.82, 2.24) is 9.97 Å². The van der Waals surface area contributed by atoms with Crippen molar-refractivity contribution in [3.63, 3.8) is 0 Å². The Morgan fingerprint density at radius 1 is 0.828 bits per heavy atom. The van der Waals surface area contributed by atoms with Crippen LogP contribution in [0.4, 0.5) is 11.4 Å². The van der Waals surface area contributed by atoms with Gasteiger partial charge in [-0.05, 0) is 37.1 Å². The number of nitro benzene ring substituents is 2. The standard InChI is InChI=1S/C10H7ClN2O2.C10H8N2O2/c1-6-2-9(13(14)15)4-7-3-8(11)5-12-10(6)7;1-7-5-9(12(13)14)6-8-3-2-4-11-10(7)8/h2-5H,1H3;2-6H,1H3. The van der Waals surface area contributed by atoms with E-state index >= 15 is 0 Å². The number of benzene rings is 2. The number of non-ortho nitro benzene ring substituents is 2. The van der Waals surface area contributed by atoms with Crippen molar-refractivity contribution in [2.75, 3.05) is 0 Å². The number of hydrogen-bond donors (Lipinski definition) is 0. The topological polar surface area (TPSA) is 112 Å². The van der Waals surface area contributed by atoms with E-state index in [4.69, 9.17) is 11.6 Å². The van der Waals surface area contributed by atoms with Gasteiger partial charge in [-0.1, -0.05) is 17.7 Å². The molecule has 8 nitrogen and oxygen atoms in total. The highest BCUT2D eigenvalue weighted by molar-refractivity contribution is 6.31. The Kier molecular flexibility index (Phi) is 5.65. The third kappa shape index (κ3) is 4.44. The number of halogens is 1. The molecule has 0 spiro atoms. The summed E-state index contributed by atoms with van der Waals surface area (Å²) in [4.78, 5) is 28.7. The van der Waals surface area contributed by atoms with Crippen LogP contribution >= 0.6 is 11.6 Å². The van der Waals surface area contributed by atoms with Gasteiger partial charge in [0.25, 0.3) is 11.4 Å². The molecule has 0 N–H and O–H groups in total. The second-order valence-electron chi connectivity index (χ2n) is 6.34. The molecule has 4 aromatic rings. The molecule has 0 saturated heterocycles. The summed E-state index contributed by atoms with van der Waals surface area (Å²) in [5.41, 5.74) is 3.33. The van der Waals surface area contributed by atoms with Crippen molar-refractivity contribution < 1.29 is 9.85 Å². The average molecular weight is 411 g/mol. The Balaban J connectivity index is 0.000000166. The first-order valence-electron chi connectivity index (χ1n) is 8.46. The van der Waals surface area contributed by atoms with Crippen LogP contribution in [0, 0.1) is 34.1 Å². The summed E-state index contributed by atoms with van der Waals surface area (Å²) in [5, 5.41) is 23.2. The van der Waals surface area contributed by atoms with Crippen molar-refractivity contribution in [3.05, 3.63) is 91.2 Å². The van der Waals surface area contributed by atoms with Crippen LogP contribution in [0.3, 0.4) is 0 Å². The van der Waals surface area contributed by atoms with Gasteiger partial charge in [0.15, 0.2) is 0 Å². The molecule has 0 bridgehead atoms. The molecule has 0 aliphatic carbocycles. The number of aromatic nitrogens is 2. The molecule has 2 aromatic carbocycles. The van der Waals surface area contributed by atoms with Gasteiger partial charge in [0.05, 0.1) is 25.9 Å². The predicted octanol–water partition coefficient (Wildman–Crippen LogP) is 5.56. The zero-order valence-electron chi connectivity index (χ0n) is 15.5. The maximum atomic E-state index is 10.6. The van der Waals surface area contributed by atoms with Crippen molar-refractivity contribution >= 4 is 44.8 Å². The minimum absolute atomic E-state index is 0.0593. The summed E-state index contributed by atoms with van der Waals surface area (Å²) in [7, 11) is 0. The quantitative estimate of drug-likeness (QED) is 0.316. The molecule has 29 heavy (non-hydrogen) atoms. The molecule has 0 saturated carbocycles. The highest BCUT2D eigenvalue weighted by Gasteiger charge is 2.10. The molecular formula is C20H15ClN4O4. The summed E-state index contributed by atoms with van der Waals surface area (Å²) in [6.45, 7) is 3.61. The van der Waals surface area contributed by atoms with Gasteiger partial charge in [-0.2, -0.15) is 0 Å². The van der Waals surface area contributed by atoms with E-state index in [0.29, 0.717) is 10.4 Å². The smallest absolute Gasteiger partial charge is 0.258 e. The van der Waals surface area contributed by atoms with Crippen molar-refractivity contribution in [2.45, 2.75) is 13.8 Å². The maximum Gasteiger partial charge on any atom is 0.270 e. The number of aryl methyl sites for hydroxylation is 2. The Morgan fingerprint density at radius 3 is 1.97 bits per heavy atom. The molecule has 0 aliphatic heterocycles. The third-order valence-corrected chi connectivity index (χ3v) is 4.43. The summed E-state index contributed by atoms with van der Waals surface area (Å²) in [6.07, 6.45) is 3.21. The number of rotatable bonds is 2. The lowest BCUT2D eigenvalue weighted by Crippen LogP contribution is -1.91. The molecule has 0 atom stereocenters. The van der Waals surface area contributed by atoms with E-state index < -0.39 is 4.92 Å². The zero-order chi connectivity index (χ0) is 21.1. The second kappa shape index (κ2) is 8.15. The molecule has 0 radical (unpaired) electrons. The van der Waals surface area contributed by atoms with Crippen LogP contribution in [0.15, 0.2) is 54.9 Å². The SMILES string of the molecule is Cc1cc([N+](=O)[O-])cc2cc(Cl)cnc12.Cc1cc([N+](=O)[O-])cc2cccnc12. The van der Waals surface area contributed by atoms with Gasteiger partial charge in [-0.3, -0.25) is 30.2 Å². The minimum atomic E-state index is -0.423. The molecule has 0 amide bonds. The lowest BCUT2D eigenvalue weighted by Gasteiger charge is -2.01. The fraction of sp³-hybridized carbons (Fsp3) is 0.100. The van der Waals surface area contributed by atoms with E-state index in [1.807, 2.05) is 13.0 Å². The van der Waals surface area contributed by atoms with Gasteiger partial charge in [0, 0.05) is 47.4 Å². The van der Waals surface area contributed by atoms with Crippen molar-refractivity contribution in [1.29, 1.82) is 0 Å². The minimum Gasteiger partial charge on any atom is -0.258 e. The normalized spacial score (nSPS) is 10.4. The van der Waals surface area contributed by atoms with Crippen LogP contribution in [0.25, 0.3) is 21.8 Å². The predicted molar refractivity (Wildman–Crippen MR) is 111 cm³/mol. The molecule has 0 fully saturated rings. The monoisotopic (exact) mass is 410 g/mol. The maximum absolute atomic E-state index is 10.6. The van der Waals surface area contributed by atoms with E-state index in [1.54, 1.807) is 25.3 Å². The molecule has 0 unspecified atom stereocenters. The molecule has 4 rings (SSSR count). The van der Waals surface area contributed by atoms with Gasteiger partial charge in [-0.25, -0.2) is 0 Å². The molecule has 2 aromatic heterocycles. The van der Waals surface area contributed by atoms with Crippen molar-refractivity contribution in [2.24, 2.45) is 0 Å². The van der Waals surface area contributed by atoms with Gasteiger partial charge in [0.2, 0.25) is 0 Å². The Labute approximate surface area is 170 Å². The summed E-state index contributed by atoms with van der Waals surface area (Å²) in [6, 6.07) is 11.3. The van der Waals surface area contributed by atoms with Crippen LogP contribution < -0.4 is 0 Å². The highest BCUT2D eigenvalue weighted by atomic mass is 35.5. The summed E-state index contributed by atoms with van der Waals surface area (Å²) < 4.78 is 0. The van der Waals surface area contributed by atoms with E-state index in [1.165, 1.54) is 30.5 Å². The number of hydrogen-bond acceptors (Lipinski definition) is 6. The molecular weight excluding hydrogens is 396 g/mol. The molecule has 146 valence electrons. The number of nitro groups is 2. The van der Waals surface area contributed by atoms with Crippen molar-refractivity contribution in [3.8, 4) is 0 Å². The molecule has 2 heterocycles. The third-order valence-electron chi connectivity index (χ3n) is 4.23. The zero-order valence-corrected chi connectivity index (χ0v) is 16.3. The number of pyridine rings is 2. The van der Waals surface area contributed by atoms with Gasteiger partial charge < -0.3 is 0 Å².